The second kappa shape index (κ2) is 9.78. The summed E-state index contributed by atoms with van der Waals surface area (Å²) in [4.78, 5) is 36.9. The summed E-state index contributed by atoms with van der Waals surface area (Å²) < 4.78 is 4.29. The van der Waals surface area contributed by atoms with E-state index in [2.05, 4.69) is 47.8 Å². The Hall–Kier alpha value is -0.160. The topological polar surface area (TPSA) is 66.0 Å². The molecule has 0 aliphatic heterocycles. The number of hydrogen-bond donors (Lipinski definition) is 2. The van der Waals surface area contributed by atoms with Crippen molar-refractivity contribution in [1.29, 1.82) is 0 Å². The Kier molecular flexibility index (Phi) is 8.79. The second-order valence-corrected chi connectivity index (χ2v) is 6.47. The zero-order chi connectivity index (χ0) is 15.8. The fourth-order valence-electron chi connectivity index (χ4n) is 1.93. The van der Waals surface area contributed by atoms with Crippen molar-refractivity contribution in [2.45, 2.75) is 38.9 Å². The van der Waals surface area contributed by atoms with Gasteiger partial charge in [0, 0.05) is 24.1 Å². The molecule has 1 heterocycles. The van der Waals surface area contributed by atoms with Crippen LogP contribution in [0.2, 0.25) is 0 Å². The van der Waals surface area contributed by atoms with Gasteiger partial charge in [-0.25, -0.2) is 28.1 Å². The standard InChI is InChI=1S/C12H20IN3O3S2/c13-4-1-5-14-10(17)15(6-2-8-20)12(19)16(11(14)18)7-3-9-21/h20-21H,1-9H2. The van der Waals surface area contributed by atoms with Crippen molar-refractivity contribution in [3.8, 4) is 0 Å². The molecular weight excluding hydrogens is 425 g/mol. The van der Waals surface area contributed by atoms with Crippen molar-refractivity contribution in [2.75, 3.05) is 15.9 Å². The van der Waals surface area contributed by atoms with E-state index in [1.54, 1.807) is 0 Å². The van der Waals surface area contributed by atoms with Crippen molar-refractivity contribution in [3.63, 3.8) is 0 Å². The summed E-state index contributed by atoms with van der Waals surface area (Å²) in [6.07, 6.45) is 1.93. The highest BCUT2D eigenvalue weighted by Crippen LogP contribution is 1.92. The molecule has 21 heavy (non-hydrogen) atoms. The summed E-state index contributed by atoms with van der Waals surface area (Å²) in [6, 6.07) is 0. The van der Waals surface area contributed by atoms with Crippen LogP contribution in [-0.2, 0) is 19.6 Å². The van der Waals surface area contributed by atoms with Crippen molar-refractivity contribution < 1.29 is 0 Å². The van der Waals surface area contributed by atoms with Gasteiger partial charge >= 0.3 is 17.1 Å². The van der Waals surface area contributed by atoms with Crippen LogP contribution in [0.25, 0.3) is 0 Å². The molecule has 0 unspecified atom stereocenters. The molecule has 0 N–H and O–H groups in total. The molecule has 0 aliphatic carbocycles. The van der Waals surface area contributed by atoms with E-state index in [1.807, 2.05) is 0 Å². The highest BCUT2D eigenvalue weighted by Gasteiger charge is 2.14. The predicted molar refractivity (Wildman–Crippen MR) is 99.7 cm³/mol. The Morgan fingerprint density at radius 3 is 1.33 bits per heavy atom. The van der Waals surface area contributed by atoms with Gasteiger partial charge in [-0.15, -0.1) is 0 Å². The monoisotopic (exact) mass is 445 g/mol. The first-order chi connectivity index (χ1) is 10.1. The van der Waals surface area contributed by atoms with Crippen LogP contribution in [0.3, 0.4) is 0 Å². The van der Waals surface area contributed by atoms with Gasteiger partial charge in [-0.3, -0.25) is 0 Å². The highest BCUT2D eigenvalue weighted by molar-refractivity contribution is 14.1. The third-order valence-electron chi connectivity index (χ3n) is 2.98. The zero-order valence-corrected chi connectivity index (χ0v) is 15.6. The Labute approximate surface area is 147 Å². The highest BCUT2D eigenvalue weighted by atomic mass is 127. The predicted octanol–water partition coefficient (Wildman–Crippen LogP) is 0.637. The zero-order valence-electron chi connectivity index (χ0n) is 11.7. The van der Waals surface area contributed by atoms with Gasteiger partial charge in [-0.2, -0.15) is 25.3 Å². The fraction of sp³-hybridized carbons (Fsp3) is 0.750. The molecule has 0 radical (unpaired) electrons. The van der Waals surface area contributed by atoms with Gasteiger partial charge in [0.1, 0.15) is 0 Å². The molecule has 1 rings (SSSR count). The Bertz CT molecular complexity index is 508. The molecule has 0 saturated carbocycles. The lowest BCUT2D eigenvalue weighted by molar-refractivity contribution is 0.440. The van der Waals surface area contributed by atoms with Crippen LogP contribution in [-0.4, -0.2) is 29.6 Å². The minimum atomic E-state index is -0.528. The van der Waals surface area contributed by atoms with E-state index >= 15 is 0 Å². The fourth-order valence-corrected chi connectivity index (χ4v) is 2.56. The first-order valence-electron chi connectivity index (χ1n) is 6.80. The van der Waals surface area contributed by atoms with Crippen molar-refractivity contribution >= 4 is 47.8 Å². The van der Waals surface area contributed by atoms with Crippen molar-refractivity contribution in [1.82, 2.24) is 13.7 Å². The number of halogens is 1. The molecule has 1 aromatic rings. The maximum Gasteiger partial charge on any atom is 0.336 e. The van der Waals surface area contributed by atoms with E-state index in [0.29, 0.717) is 37.3 Å². The van der Waals surface area contributed by atoms with Crippen LogP contribution in [0, 0.1) is 0 Å². The van der Waals surface area contributed by atoms with Crippen LogP contribution < -0.4 is 17.1 Å². The normalized spacial score (nSPS) is 11.0. The smallest absolute Gasteiger partial charge is 0.247 e. The van der Waals surface area contributed by atoms with E-state index < -0.39 is 17.1 Å². The van der Waals surface area contributed by atoms with Crippen LogP contribution in [0.5, 0.6) is 0 Å². The molecule has 0 bridgehead atoms. The molecule has 0 atom stereocenters. The SMILES string of the molecule is O=c1n(CCCS)c(=O)n(CCCI)c(=O)n1CCCS. The lowest BCUT2D eigenvalue weighted by Crippen LogP contribution is -2.54. The van der Waals surface area contributed by atoms with Crippen LogP contribution >= 0.6 is 47.8 Å². The van der Waals surface area contributed by atoms with Gasteiger partial charge < -0.3 is 0 Å². The molecule has 0 fully saturated rings. The summed E-state index contributed by atoms with van der Waals surface area (Å²) in [7, 11) is 0. The van der Waals surface area contributed by atoms with Gasteiger partial charge in [0.15, 0.2) is 0 Å². The number of rotatable bonds is 9. The maximum absolute atomic E-state index is 12.3. The summed E-state index contributed by atoms with van der Waals surface area (Å²) in [5, 5.41) is 0. The molecule has 6 nitrogen and oxygen atoms in total. The van der Waals surface area contributed by atoms with E-state index in [0.717, 1.165) is 18.1 Å². The second-order valence-electron chi connectivity index (χ2n) is 4.50. The molecule has 1 aromatic heterocycles. The lowest BCUT2D eigenvalue weighted by Gasteiger charge is -2.13. The van der Waals surface area contributed by atoms with Gasteiger partial charge in [-0.1, -0.05) is 22.6 Å². The Balaban J connectivity index is 3.39. The number of thiol groups is 2. The van der Waals surface area contributed by atoms with E-state index in [1.165, 1.54) is 0 Å². The van der Waals surface area contributed by atoms with E-state index in [9.17, 15) is 14.4 Å². The third kappa shape index (κ3) is 4.92. The Morgan fingerprint density at radius 2 is 1.05 bits per heavy atom. The van der Waals surface area contributed by atoms with Crippen LogP contribution in [0.15, 0.2) is 14.4 Å². The largest absolute Gasteiger partial charge is 0.336 e. The van der Waals surface area contributed by atoms with Gasteiger partial charge in [0.05, 0.1) is 0 Å². The van der Waals surface area contributed by atoms with Gasteiger partial charge in [0.25, 0.3) is 0 Å². The minimum Gasteiger partial charge on any atom is -0.247 e. The molecule has 0 saturated heterocycles. The average Bonchev–Trinajstić information content (AvgIpc) is 2.47. The summed E-state index contributed by atoms with van der Waals surface area (Å²) in [5.74, 6) is 1.16. The maximum atomic E-state index is 12.3. The molecule has 0 aromatic carbocycles. The molecular formula is C12H20IN3O3S2. The molecule has 120 valence electrons. The molecule has 0 spiro atoms. The van der Waals surface area contributed by atoms with Crippen molar-refractivity contribution in [2.24, 2.45) is 0 Å². The van der Waals surface area contributed by atoms with Crippen LogP contribution in [0.1, 0.15) is 19.3 Å². The number of nitrogens with zero attached hydrogens (tertiary/aromatic N) is 3. The van der Waals surface area contributed by atoms with E-state index in [-0.39, 0.29) is 13.1 Å². The Morgan fingerprint density at radius 1 is 0.714 bits per heavy atom. The first kappa shape index (κ1) is 18.9. The quantitative estimate of drug-likeness (QED) is 0.333. The van der Waals surface area contributed by atoms with Gasteiger partial charge in [0.2, 0.25) is 0 Å². The molecule has 9 heteroatoms. The number of alkyl halides is 1. The van der Waals surface area contributed by atoms with Gasteiger partial charge in [-0.05, 0) is 30.8 Å². The molecule has 0 aliphatic rings. The average molecular weight is 445 g/mol. The summed E-state index contributed by atoms with van der Waals surface area (Å²) in [5.41, 5.74) is -1.56. The van der Waals surface area contributed by atoms with Crippen molar-refractivity contribution in [3.05, 3.63) is 31.5 Å². The van der Waals surface area contributed by atoms with E-state index in [4.69, 9.17) is 0 Å². The lowest BCUT2D eigenvalue weighted by atomic mass is 10.4. The van der Waals surface area contributed by atoms with Crippen LogP contribution in [0.4, 0.5) is 0 Å². The number of aromatic nitrogens is 3. The summed E-state index contributed by atoms with van der Waals surface area (Å²) in [6.45, 7) is 0.905. The molecule has 0 amide bonds. The first-order valence-corrected chi connectivity index (χ1v) is 9.59. The number of hydrogen-bond acceptors (Lipinski definition) is 5. The third-order valence-corrected chi connectivity index (χ3v) is 4.38. The summed E-state index contributed by atoms with van der Waals surface area (Å²) >= 11 is 10.4. The minimum absolute atomic E-state index is 0.284.